The van der Waals surface area contributed by atoms with Gasteiger partial charge in [-0.05, 0) is 25.0 Å². The van der Waals surface area contributed by atoms with Gasteiger partial charge in [0, 0.05) is 31.5 Å². The lowest BCUT2D eigenvalue weighted by Crippen LogP contribution is -2.31. The van der Waals surface area contributed by atoms with Crippen molar-refractivity contribution in [2.45, 2.75) is 51.5 Å². The molecule has 0 saturated carbocycles. The molecule has 6 heteroatoms. The fraction of sp³-hybridized carbons (Fsp3) is 0.529. The molecule has 1 aliphatic heterocycles. The summed E-state index contributed by atoms with van der Waals surface area (Å²) in [6.45, 7) is 4.82. The zero-order valence-electron chi connectivity index (χ0n) is 13.6. The number of carbonyl (C=O) groups is 1. The van der Waals surface area contributed by atoms with Crippen molar-refractivity contribution in [3.63, 3.8) is 0 Å². The Morgan fingerprint density at radius 1 is 1.43 bits per heavy atom. The van der Waals surface area contributed by atoms with E-state index in [9.17, 15) is 4.79 Å². The topological polar surface area (TPSA) is 72.1 Å². The third-order valence-electron chi connectivity index (χ3n) is 4.16. The maximum Gasteiger partial charge on any atom is 0.227 e. The molecule has 1 aliphatic rings. The fourth-order valence-electron chi connectivity index (χ4n) is 2.91. The molecule has 3 rings (SSSR count). The molecular weight excluding hydrogens is 292 g/mol. The first-order chi connectivity index (χ1) is 11.1. The zero-order chi connectivity index (χ0) is 16.2. The molecule has 3 heterocycles. The van der Waals surface area contributed by atoms with Gasteiger partial charge in [0.15, 0.2) is 5.82 Å². The summed E-state index contributed by atoms with van der Waals surface area (Å²) in [4.78, 5) is 23.2. The van der Waals surface area contributed by atoms with E-state index in [0.29, 0.717) is 24.6 Å². The SMILES string of the molecule is CC(C)c1noc(CCC(=O)N2CCC[C@@H]2c2ccccn2)n1. The third kappa shape index (κ3) is 3.57. The summed E-state index contributed by atoms with van der Waals surface area (Å²) in [5.74, 6) is 1.59. The first-order valence-electron chi connectivity index (χ1n) is 8.18. The maximum atomic E-state index is 12.6. The molecule has 2 aromatic heterocycles. The maximum absolute atomic E-state index is 12.6. The number of hydrogen-bond acceptors (Lipinski definition) is 5. The second-order valence-electron chi connectivity index (χ2n) is 6.20. The van der Waals surface area contributed by atoms with E-state index in [2.05, 4.69) is 15.1 Å². The lowest BCUT2D eigenvalue weighted by atomic mass is 10.1. The van der Waals surface area contributed by atoms with E-state index in [4.69, 9.17) is 4.52 Å². The second-order valence-corrected chi connectivity index (χ2v) is 6.20. The van der Waals surface area contributed by atoms with Crippen LogP contribution in [0.5, 0.6) is 0 Å². The lowest BCUT2D eigenvalue weighted by molar-refractivity contribution is -0.132. The van der Waals surface area contributed by atoms with Crippen LogP contribution < -0.4 is 0 Å². The number of carbonyl (C=O) groups excluding carboxylic acids is 1. The first-order valence-corrected chi connectivity index (χ1v) is 8.18. The number of hydrogen-bond donors (Lipinski definition) is 0. The van der Waals surface area contributed by atoms with E-state index in [1.54, 1.807) is 6.20 Å². The Morgan fingerprint density at radius 3 is 3.00 bits per heavy atom. The summed E-state index contributed by atoms with van der Waals surface area (Å²) in [5, 5.41) is 3.93. The van der Waals surface area contributed by atoms with Crippen molar-refractivity contribution in [1.29, 1.82) is 0 Å². The molecule has 122 valence electrons. The van der Waals surface area contributed by atoms with Crippen molar-refractivity contribution in [2.75, 3.05) is 6.54 Å². The Kier molecular flexibility index (Phi) is 4.69. The van der Waals surface area contributed by atoms with Crippen LogP contribution in [0.3, 0.4) is 0 Å². The highest BCUT2D eigenvalue weighted by molar-refractivity contribution is 5.77. The Bertz CT molecular complexity index is 654. The van der Waals surface area contributed by atoms with Crippen LogP contribution in [0.4, 0.5) is 0 Å². The van der Waals surface area contributed by atoms with Crippen LogP contribution in [-0.2, 0) is 11.2 Å². The summed E-state index contributed by atoms with van der Waals surface area (Å²) in [6, 6.07) is 5.95. The molecule has 0 radical (unpaired) electrons. The summed E-state index contributed by atoms with van der Waals surface area (Å²) in [5.41, 5.74) is 0.971. The minimum absolute atomic E-state index is 0.0950. The molecule has 1 saturated heterocycles. The average molecular weight is 314 g/mol. The highest BCUT2D eigenvalue weighted by atomic mass is 16.5. The van der Waals surface area contributed by atoms with Gasteiger partial charge >= 0.3 is 0 Å². The van der Waals surface area contributed by atoms with Crippen LogP contribution in [0.2, 0.25) is 0 Å². The Balaban J connectivity index is 1.61. The number of likely N-dealkylation sites (tertiary alicyclic amines) is 1. The monoisotopic (exact) mass is 314 g/mol. The van der Waals surface area contributed by atoms with Gasteiger partial charge in [0.25, 0.3) is 0 Å². The van der Waals surface area contributed by atoms with Crippen molar-refractivity contribution in [1.82, 2.24) is 20.0 Å². The van der Waals surface area contributed by atoms with Crippen LogP contribution in [0.15, 0.2) is 28.9 Å². The number of aromatic nitrogens is 3. The highest BCUT2D eigenvalue weighted by Gasteiger charge is 2.30. The molecule has 0 bridgehead atoms. The second kappa shape index (κ2) is 6.89. The molecule has 0 spiro atoms. The van der Waals surface area contributed by atoms with Gasteiger partial charge in [-0.25, -0.2) is 0 Å². The van der Waals surface area contributed by atoms with Crippen molar-refractivity contribution >= 4 is 5.91 Å². The Labute approximate surface area is 135 Å². The quantitative estimate of drug-likeness (QED) is 0.848. The van der Waals surface area contributed by atoms with Crippen LogP contribution in [0.25, 0.3) is 0 Å². The predicted octanol–water partition coefficient (Wildman–Crippen LogP) is 2.88. The zero-order valence-corrected chi connectivity index (χ0v) is 13.6. The summed E-state index contributed by atoms with van der Waals surface area (Å²) in [6.07, 6.45) is 4.65. The van der Waals surface area contributed by atoms with Gasteiger partial charge in [-0.1, -0.05) is 25.1 Å². The van der Waals surface area contributed by atoms with Gasteiger partial charge < -0.3 is 9.42 Å². The molecule has 1 amide bonds. The Morgan fingerprint density at radius 2 is 2.30 bits per heavy atom. The van der Waals surface area contributed by atoms with Gasteiger partial charge in [0.05, 0.1) is 11.7 Å². The molecule has 0 N–H and O–H groups in total. The van der Waals surface area contributed by atoms with E-state index >= 15 is 0 Å². The van der Waals surface area contributed by atoms with Crippen LogP contribution in [0, 0.1) is 0 Å². The predicted molar refractivity (Wildman–Crippen MR) is 84.6 cm³/mol. The first kappa shape index (κ1) is 15.6. The standard InChI is InChI=1S/C17H22N4O2/c1-12(2)17-19-15(23-20-17)8-9-16(22)21-11-5-7-14(21)13-6-3-4-10-18-13/h3-4,6,10,12,14H,5,7-9,11H2,1-2H3/t14-/m1/s1. The van der Waals surface area contributed by atoms with Gasteiger partial charge in [0.1, 0.15) is 0 Å². The molecule has 1 atom stereocenters. The van der Waals surface area contributed by atoms with Gasteiger partial charge in [-0.2, -0.15) is 4.98 Å². The lowest BCUT2D eigenvalue weighted by Gasteiger charge is -2.24. The number of nitrogens with zero attached hydrogens (tertiary/aromatic N) is 4. The van der Waals surface area contributed by atoms with Gasteiger partial charge in [-0.15, -0.1) is 0 Å². The van der Waals surface area contributed by atoms with E-state index in [-0.39, 0.29) is 17.9 Å². The van der Waals surface area contributed by atoms with Crippen LogP contribution >= 0.6 is 0 Å². The number of rotatable bonds is 5. The van der Waals surface area contributed by atoms with E-state index in [1.165, 1.54) is 0 Å². The third-order valence-corrected chi connectivity index (χ3v) is 4.16. The van der Waals surface area contributed by atoms with Crippen molar-refractivity contribution in [2.24, 2.45) is 0 Å². The minimum atomic E-state index is 0.0950. The van der Waals surface area contributed by atoms with Crippen molar-refractivity contribution in [3.8, 4) is 0 Å². The normalized spacial score (nSPS) is 17.9. The van der Waals surface area contributed by atoms with E-state index in [0.717, 1.165) is 25.1 Å². The smallest absolute Gasteiger partial charge is 0.227 e. The largest absolute Gasteiger partial charge is 0.339 e. The molecule has 2 aromatic rings. The highest BCUT2D eigenvalue weighted by Crippen LogP contribution is 2.31. The Hall–Kier alpha value is -2.24. The van der Waals surface area contributed by atoms with Gasteiger partial charge in [0.2, 0.25) is 11.8 Å². The van der Waals surface area contributed by atoms with E-state index < -0.39 is 0 Å². The summed E-state index contributed by atoms with van der Waals surface area (Å²) < 4.78 is 5.21. The molecule has 0 aromatic carbocycles. The number of amides is 1. The van der Waals surface area contributed by atoms with Gasteiger partial charge in [-0.3, -0.25) is 9.78 Å². The minimum Gasteiger partial charge on any atom is -0.339 e. The molecule has 23 heavy (non-hydrogen) atoms. The van der Waals surface area contributed by atoms with Crippen LogP contribution in [0.1, 0.15) is 62.5 Å². The molecule has 0 unspecified atom stereocenters. The summed E-state index contributed by atoms with van der Waals surface area (Å²) in [7, 11) is 0. The molecule has 6 nitrogen and oxygen atoms in total. The average Bonchev–Trinajstić information content (AvgIpc) is 3.23. The molecule has 0 aliphatic carbocycles. The molecular formula is C17H22N4O2. The number of pyridine rings is 1. The fourth-order valence-corrected chi connectivity index (χ4v) is 2.91. The van der Waals surface area contributed by atoms with E-state index in [1.807, 2.05) is 36.9 Å². The summed E-state index contributed by atoms with van der Waals surface area (Å²) >= 11 is 0. The van der Waals surface area contributed by atoms with Crippen molar-refractivity contribution < 1.29 is 9.32 Å². The van der Waals surface area contributed by atoms with Crippen molar-refractivity contribution in [3.05, 3.63) is 41.8 Å². The van der Waals surface area contributed by atoms with Crippen LogP contribution in [-0.4, -0.2) is 32.5 Å². The number of aryl methyl sites for hydroxylation is 1. The molecule has 1 fully saturated rings.